The summed E-state index contributed by atoms with van der Waals surface area (Å²) in [5.41, 5.74) is 1.38. The minimum absolute atomic E-state index is 0.939. The Balaban J connectivity index is 1.79. The molecule has 1 aromatic carbocycles. The maximum Gasteiger partial charge on any atom is 0.0377 e. The molecule has 0 aliphatic carbocycles. The van der Waals surface area contributed by atoms with Gasteiger partial charge in [-0.05, 0) is 41.5 Å². The molecule has 0 radical (unpaired) electrons. The standard InChI is InChI=1S/C12H14BrNS/c13-11-2-1-3-12(4-11)14-5-9-7-15-8-10(9)6-14/h1-4,9-10H,5-8H2. The van der Waals surface area contributed by atoms with Gasteiger partial charge in [-0.25, -0.2) is 0 Å². The average Bonchev–Trinajstić information content (AvgIpc) is 2.76. The molecule has 2 heterocycles. The van der Waals surface area contributed by atoms with E-state index in [1.807, 2.05) is 0 Å². The second-order valence-corrected chi connectivity index (χ2v) is 6.43. The summed E-state index contributed by atoms with van der Waals surface area (Å²) in [7, 11) is 0. The molecule has 2 unspecified atom stereocenters. The second kappa shape index (κ2) is 4.02. The van der Waals surface area contributed by atoms with Gasteiger partial charge in [-0.15, -0.1) is 0 Å². The van der Waals surface area contributed by atoms with E-state index in [1.165, 1.54) is 34.8 Å². The topological polar surface area (TPSA) is 3.24 Å². The molecule has 0 N–H and O–H groups in total. The molecule has 15 heavy (non-hydrogen) atoms. The van der Waals surface area contributed by atoms with Gasteiger partial charge in [-0.2, -0.15) is 11.8 Å². The fraction of sp³-hybridized carbons (Fsp3) is 0.500. The maximum atomic E-state index is 3.54. The van der Waals surface area contributed by atoms with Crippen molar-refractivity contribution in [2.75, 3.05) is 29.5 Å². The van der Waals surface area contributed by atoms with E-state index in [4.69, 9.17) is 0 Å². The molecule has 0 amide bonds. The monoisotopic (exact) mass is 283 g/mol. The van der Waals surface area contributed by atoms with Crippen LogP contribution in [-0.2, 0) is 0 Å². The number of anilines is 1. The number of thioether (sulfide) groups is 1. The van der Waals surface area contributed by atoms with Gasteiger partial charge >= 0.3 is 0 Å². The number of hydrogen-bond donors (Lipinski definition) is 0. The summed E-state index contributed by atoms with van der Waals surface area (Å²) in [5.74, 6) is 4.62. The Morgan fingerprint density at radius 3 is 2.60 bits per heavy atom. The van der Waals surface area contributed by atoms with Gasteiger partial charge in [0, 0.05) is 23.2 Å². The highest BCUT2D eigenvalue weighted by molar-refractivity contribution is 9.10. The molecule has 1 aromatic rings. The largest absolute Gasteiger partial charge is 0.371 e. The predicted octanol–water partition coefficient (Wildman–Crippen LogP) is 3.25. The van der Waals surface area contributed by atoms with Gasteiger partial charge in [0.2, 0.25) is 0 Å². The van der Waals surface area contributed by atoms with E-state index in [0.29, 0.717) is 0 Å². The Bertz CT molecular complexity index is 356. The SMILES string of the molecule is Brc1cccc(N2CC3CSCC3C2)c1. The molecule has 1 nitrogen and oxygen atoms in total. The summed E-state index contributed by atoms with van der Waals surface area (Å²) in [6.45, 7) is 2.52. The van der Waals surface area contributed by atoms with Crippen LogP contribution in [0.5, 0.6) is 0 Å². The molecule has 80 valence electrons. The van der Waals surface area contributed by atoms with Crippen molar-refractivity contribution >= 4 is 33.4 Å². The van der Waals surface area contributed by atoms with Crippen molar-refractivity contribution in [2.45, 2.75) is 0 Å². The van der Waals surface area contributed by atoms with Crippen molar-refractivity contribution in [2.24, 2.45) is 11.8 Å². The highest BCUT2D eigenvalue weighted by Gasteiger charge is 2.36. The molecule has 3 rings (SSSR count). The van der Waals surface area contributed by atoms with Crippen LogP contribution >= 0.6 is 27.7 Å². The summed E-state index contributed by atoms with van der Waals surface area (Å²) in [6.07, 6.45) is 0. The predicted molar refractivity (Wildman–Crippen MR) is 70.7 cm³/mol. The van der Waals surface area contributed by atoms with Crippen LogP contribution < -0.4 is 4.90 Å². The number of halogens is 1. The molecule has 2 atom stereocenters. The quantitative estimate of drug-likeness (QED) is 0.779. The Hall–Kier alpha value is -0.150. The third-order valence-corrected chi connectivity index (χ3v) is 5.23. The van der Waals surface area contributed by atoms with Gasteiger partial charge in [0.25, 0.3) is 0 Å². The molecular weight excluding hydrogens is 270 g/mol. The van der Waals surface area contributed by atoms with E-state index >= 15 is 0 Å². The zero-order chi connectivity index (χ0) is 10.3. The Labute approximate surface area is 103 Å². The van der Waals surface area contributed by atoms with Crippen molar-refractivity contribution in [3.63, 3.8) is 0 Å². The summed E-state index contributed by atoms with van der Waals surface area (Å²) in [6, 6.07) is 8.67. The zero-order valence-corrected chi connectivity index (χ0v) is 10.9. The van der Waals surface area contributed by atoms with Gasteiger partial charge in [0.15, 0.2) is 0 Å². The average molecular weight is 284 g/mol. The summed E-state index contributed by atoms with van der Waals surface area (Å²) < 4.78 is 1.19. The number of benzene rings is 1. The summed E-state index contributed by atoms with van der Waals surface area (Å²) in [5, 5.41) is 0. The van der Waals surface area contributed by atoms with E-state index in [2.05, 4.69) is 56.9 Å². The zero-order valence-electron chi connectivity index (χ0n) is 8.53. The lowest BCUT2D eigenvalue weighted by molar-refractivity contribution is 0.533. The van der Waals surface area contributed by atoms with Gasteiger partial charge < -0.3 is 4.90 Å². The minimum Gasteiger partial charge on any atom is -0.371 e. The second-order valence-electron chi connectivity index (χ2n) is 4.44. The van der Waals surface area contributed by atoms with Crippen LogP contribution in [0.4, 0.5) is 5.69 Å². The number of rotatable bonds is 1. The molecule has 2 fully saturated rings. The molecular formula is C12H14BrNS. The highest BCUT2D eigenvalue weighted by Crippen LogP contribution is 2.38. The van der Waals surface area contributed by atoms with Crippen LogP contribution in [0.2, 0.25) is 0 Å². The van der Waals surface area contributed by atoms with Crippen LogP contribution in [-0.4, -0.2) is 24.6 Å². The minimum atomic E-state index is 0.939. The van der Waals surface area contributed by atoms with E-state index < -0.39 is 0 Å². The van der Waals surface area contributed by atoms with Crippen molar-refractivity contribution in [1.82, 2.24) is 0 Å². The molecule has 2 aliphatic rings. The van der Waals surface area contributed by atoms with E-state index in [9.17, 15) is 0 Å². The lowest BCUT2D eigenvalue weighted by Crippen LogP contribution is -2.20. The van der Waals surface area contributed by atoms with Crippen molar-refractivity contribution in [1.29, 1.82) is 0 Å². The first-order chi connectivity index (χ1) is 7.33. The summed E-state index contributed by atoms with van der Waals surface area (Å²) in [4.78, 5) is 2.54. The van der Waals surface area contributed by atoms with Crippen LogP contribution in [0.25, 0.3) is 0 Å². The van der Waals surface area contributed by atoms with Gasteiger partial charge in [-0.1, -0.05) is 22.0 Å². The lowest BCUT2D eigenvalue weighted by Gasteiger charge is -2.19. The van der Waals surface area contributed by atoms with Gasteiger partial charge in [0.1, 0.15) is 0 Å². The van der Waals surface area contributed by atoms with Gasteiger partial charge in [-0.3, -0.25) is 0 Å². The molecule has 0 aromatic heterocycles. The maximum absolute atomic E-state index is 3.54. The fourth-order valence-corrected chi connectivity index (χ4v) is 4.45. The third-order valence-electron chi connectivity index (χ3n) is 3.41. The Kier molecular flexibility index (Phi) is 2.69. The first-order valence-electron chi connectivity index (χ1n) is 5.41. The molecule has 3 heteroatoms. The normalized spacial score (nSPS) is 29.5. The van der Waals surface area contributed by atoms with Crippen molar-refractivity contribution in [3.05, 3.63) is 28.7 Å². The van der Waals surface area contributed by atoms with Gasteiger partial charge in [0.05, 0.1) is 0 Å². The highest BCUT2D eigenvalue weighted by atomic mass is 79.9. The van der Waals surface area contributed by atoms with Crippen LogP contribution in [0, 0.1) is 11.8 Å². The van der Waals surface area contributed by atoms with Crippen LogP contribution in [0.3, 0.4) is 0 Å². The first-order valence-corrected chi connectivity index (χ1v) is 7.36. The molecule has 0 saturated carbocycles. The van der Waals surface area contributed by atoms with E-state index in [-0.39, 0.29) is 0 Å². The number of nitrogens with zero attached hydrogens (tertiary/aromatic N) is 1. The van der Waals surface area contributed by atoms with E-state index in [1.54, 1.807) is 0 Å². The summed E-state index contributed by atoms with van der Waals surface area (Å²) >= 11 is 5.67. The van der Waals surface area contributed by atoms with Crippen LogP contribution in [0.1, 0.15) is 0 Å². The Morgan fingerprint density at radius 2 is 1.93 bits per heavy atom. The lowest BCUT2D eigenvalue weighted by atomic mass is 10.0. The molecule has 2 saturated heterocycles. The number of fused-ring (bicyclic) bond motifs is 1. The Morgan fingerprint density at radius 1 is 1.20 bits per heavy atom. The van der Waals surface area contributed by atoms with Crippen LogP contribution in [0.15, 0.2) is 28.7 Å². The smallest absolute Gasteiger partial charge is 0.0377 e. The molecule has 0 bridgehead atoms. The number of hydrogen-bond acceptors (Lipinski definition) is 2. The van der Waals surface area contributed by atoms with Crippen molar-refractivity contribution < 1.29 is 0 Å². The van der Waals surface area contributed by atoms with E-state index in [0.717, 1.165) is 11.8 Å². The molecule has 2 aliphatic heterocycles. The third kappa shape index (κ3) is 1.92. The van der Waals surface area contributed by atoms with Crippen molar-refractivity contribution in [3.8, 4) is 0 Å². The fourth-order valence-electron chi connectivity index (χ4n) is 2.57. The molecule has 0 spiro atoms. The first kappa shape index (κ1) is 10.0.